The first-order valence-electron chi connectivity index (χ1n) is 7.52. The van der Waals surface area contributed by atoms with E-state index in [2.05, 4.69) is 5.32 Å². The first-order chi connectivity index (χ1) is 11.1. The molecule has 5 heteroatoms. The van der Waals surface area contributed by atoms with Crippen LogP contribution < -0.4 is 5.32 Å². The fourth-order valence-corrected chi connectivity index (χ4v) is 2.85. The highest BCUT2D eigenvalue weighted by molar-refractivity contribution is 6.30. The lowest BCUT2D eigenvalue weighted by atomic mass is 9.92. The van der Waals surface area contributed by atoms with E-state index in [-0.39, 0.29) is 5.91 Å². The van der Waals surface area contributed by atoms with Gasteiger partial charge in [0.15, 0.2) is 0 Å². The van der Waals surface area contributed by atoms with Gasteiger partial charge in [0.2, 0.25) is 11.7 Å². The fraction of sp³-hybridized carbons (Fsp3) is 0.278. The van der Waals surface area contributed by atoms with E-state index in [1.165, 1.54) is 0 Å². The second-order valence-electron chi connectivity index (χ2n) is 5.45. The van der Waals surface area contributed by atoms with E-state index in [9.17, 15) is 4.79 Å². The number of rotatable bonds is 4. The molecule has 2 aromatic carbocycles. The van der Waals surface area contributed by atoms with Crippen molar-refractivity contribution in [3.63, 3.8) is 0 Å². The maximum atomic E-state index is 12.6. The second kappa shape index (κ2) is 6.71. The van der Waals surface area contributed by atoms with Crippen molar-refractivity contribution < 1.29 is 14.3 Å². The summed E-state index contributed by atoms with van der Waals surface area (Å²) in [5.41, 5.74) is 1.53. The smallest absolute Gasteiger partial charge is 0.233 e. The third-order valence-corrected chi connectivity index (χ3v) is 4.22. The van der Waals surface area contributed by atoms with Crippen LogP contribution in [0.25, 0.3) is 0 Å². The maximum absolute atomic E-state index is 12.6. The summed E-state index contributed by atoms with van der Waals surface area (Å²) in [6.07, 6.45) is 0. The minimum Gasteiger partial charge on any atom is -0.343 e. The largest absolute Gasteiger partial charge is 0.343 e. The van der Waals surface area contributed by atoms with Crippen LogP contribution in [0.3, 0.4) is 0 Å². The zero-order valence-corrected chi connectivity index (χ0v) is 13.5. The Morgan fingerprint density at radius 2 is 1.70 bits per heavy atom. The molecule has 4 nitrogen and oxygen atoms in total. The highest BCUT2D eigenvalue weighted by Crippen LogP contribution is 2.39. The molecule has 3 rings (SSSR count). The molecule has 1 N–H and O–H groups in total. The van der Waals surface area contributed by atoms with E-state index >= 15 is 0 Å². The number of hydrogen-bond donors (Lipinski definition) is 1. The topological polar surface area (TPSA) is 47.6 Å². The zero-order chi connectivity index (χ0) is 16.3. The predicted octanol–water partition coefficient (Wildman–Crippen LogP) is 3.81. The van der Waals surface area contributed by atoms with Gasteiger partial charge in [-0.1, -0.05) is 41.9 Å². The van der Waals surface area contributed by atoms with Gasteiger partial charge in [-0.25, -0.2) is 0 Å². The third kappa shape index (κ3) is 3.24. The SMILES string of the molecule is CC(C(=O)Nc1ccccc1)C1(c2ccc(Cl)cc2)OCCO1. The van der Waals surface area contributed by atoms with Crippen molar-refractivity contribution in [3.8, 4) is 0 Å². The summed E-state index contributed by atoms with van der Waals surface area (Å²) < 4.78 is 11.7. The minimum absolute atomic E-state index is 0.159. The lowest BCUT2D eigenvalue weighted by molar-refractivity contribution is -0.200. The molecule has 0 saturated carbocycles. The molecule has 2 aromatic rings. The van der Waals surface area contributed by atoms with Gasteiger partial charge in [0.1, 0.15) is 0 Å². The van der Waals surface area contributed by atoms with Gasteiger partial charge in [0.25, 0.3) is 0 Å². The fourth-order valence-electron chi connectivity index (χ4n) is 2.72. The molecule has 1 atom stereocenters. The van der Waals surface area contributed by atoms with Crippen LogP contribution in [-0.2, 0) is 20.1 Å². The molecule has 1 amide bonds. The number of nitrogens with one attached hydrogen (secondary N) is 1. The average molecular weight is 332 g/mol. The lowest BCUT2D eigenvalue weighted by Gasteiger charge is -2.33. The Balaban J connectivity index is 1.85. The molecule has 1 aliphatic heterocycles. The van der Waals surface area contributed by atoms with Gasteiger partial charge in [0, 0.05) is 16.3 Å². The van der Waals surface area contributed by atoms with Crippen molar-refractivity contribution in [1.82, 2.24) is 0 Å². The molecule has 1 fully saturated rings. The summed E-state index contributed by atoms with van der Waals surface area (Å²) in [5, 5.41) is 3.53. The van der Waals surface area contributed by atoms with Crippen LogP contribution in [0.1, 0.15) is 12.5 Å². The maximum Gasteiger partial charge on any atom is 0.233 e. The standard InChI is InChI=1S/C18H18ClNO3/c1-13(17(21)20-16-5-3-2-4-6-16)18(22-11-12-23-18)14-7-9-15(19)10-8-14/h2-10,13H,11-12H2,1H3,(H,20,21). The summed E-state index contributed by atoms with van der Waals surface area (Å²) >= 11 is 5.95. The highest BCUT2D eigenvalue weighted by Gasteiger charge is 2.47. The van der Waals surface area contributed by atoms with Crippen LogP contribution >= 0.6 is 11.6 Å². The van der Waals surface area contributed by atoms with Crippen LogP contribution in [0.5, 0.6) is 0 Å². The Hall–Kier alpha value is -1.88. The van der Waals surface area contributed by atoms with Gasteiger partial charge in [-0.15, -0.1) is 0 Å². The van der Waals surface area contributed by atoms with Crippen molar-refractivity contribution in [1.29, 1.82) is 0 Å². The molecule has 120 valence electrons. The molecule has 0 aromatic heterocycles. The normalized spacial score (nSPS) is 17.7. The van der Waals surface area contributed by atoms with E-state index in [4.69, 9.17) is 21.1 Å². The van der Waals surface area contributed by atoms with E-state index in [1.807, 2.05) is 42.5 Å². The molecule has 1 unspecified atom stereocenters. The van der Waals surface area contributed by atoms with Gasteiger partial charge in [-0.2, -0.15) is 0 Å². The van der Waals surface area contributed by atoms with Gasteiger partial charge in [0.05, 0.1) is 19.1 Å². The summed E-state index contributed by atoms with van der Waals surface area (Å²) in [5.74, 6) is -1.76. The van der Waals surface area contributed by atoms with Crippen molar-refractivity contribution in [2.75, 3.05) is 18.5 Å². The molecule has 0 spiro atoms. The first kappa shape index (κ1) is 16.0. The van der Waals surface area contributed by atoms with Crippen molar-refractivity contribution in [2.24, 2.45) is 5.92 Å². The second-order valence-corrected chi connectivity index (χ2v) is 5.88. The lowest BCUT2D eigenvalue weighted by Crippen LogP contribution is -2.41. The molecule has 0 bridgehead atoms. The molecular weight excluding hydrogens is 314 g/mol. The first-order valence-corrected chi connectivity index (χ1v) is 7.89. The third-order valence-electron chi connectivity index (χ3n) is 3.97. The number of para-hydroxylation sites is 1. The molecule has 1 aliphatic rings. The summed E-state index contributed by atoms with van der Waals surface area (Å²) in [4.78, 5) is 12.6. The van der Waals surface area contributed by atoms with Gasteiger partial charge >= 0.3 is 0 Å². The molecule has 23 heavy (non-hydrogen) atoms. The van der Waals surface area contributed by atoms with Crippen LogP contribution in [0, 0.1) is 5.92 Å². The van der Waals surface area contributed by atoms with E-state index in [0.717, 1.165) is 11.3 Å². The number of hydrogen-bond acceptors (Lipinski definition) is 3. The number of carbonyl (C=O) groups excluding carboxylic acids is 1. The average Bonchev–Trinajstić information content (AvgIpc) is 3.06. The summed E-state index contributed by atoms with van der Waals surface area (Å²) in [6.45, 7) is 2.70. The van der Waals surface area contributed by atoms with Crippen molar-refractivity contribution in [3.05, 3.63) is 65.2 Å². The Morgan fingerprint density at radius 1 is 1.09 bits per heavy atom. The van der Waals surface area contributed by atoms with E-state index in [1.54, 1.807) is 19.1 Å². The minimum atomic E-state index is -1.08. The Labute approximate surface area is 140 Å². The highest BCUT2D eigenvalue weighted by atomic mass is 35.5. The number of amides is 1. The van der Waals surface area contributed by atoms with Gasteiger partial charge in [-0.05, 0) is 31.2 Å². The molecule has 0 radical (unpaired) electrons. The van der Waals surface area contributed by atoms with Crippen molar-refractivity contribution in [2.45, 2.75) is 12.7 Å². The quantitative estimate of drug-likeness (QED) is 0.926. The summed E-state index contributed by atoms with van der Waals surface area (Å²) in [7, 11) is 0. The van der Waals surface area contributed by atoms with Gasteiger partial charge in [-0.3, -0.25) is 4.79 Å². The molecule has 0 aliphatic carbocycles. The van der Waals surface area contributed by atoms with Crippen molar-refractivity contribution >= 4 is 23.2 Å². The number of halogens is 1. The van der Waals surface area contributed by atoms with Crippen LogP contribution in [0.2, 0.25) is 5.02 Å². The predicted molar refractivity (Wildman–Crippen MR) is 89.3 cm³/mol. The van der Waals surface area contributed by atoms with E-state index in [0.29, 0.717) is 18.2 Å². The zero-order valence-electron chi connectivity index (χ0n) is 12.8. The monoisotopic (exact) mass is 331 g/mol. The molecular formula is C18H18ClNO3. The Morgan fingerprint density at radius 3 is 2.30 bits per heavy atom. The van der Waals surface area contributed by atoms with Gasteiger partial charge < -0.3 is 14.8 Å². The number of ether oxygens (including phenoxy) is 2. The van der Waals surface area contributed by atoms with Crippen LogP contribution in [-0.4, -0.2) is 19.1 Å². The summed E-state index contributed by atoms with van der Waals surface area (Å²) in [6, 6.07) is 16.5. The van der Waals surface area contributed by atoms with Crippen LogP contribution in [0.15, 0.2) is 54.6 Å². The molecule has 1 saturated heterocycles. The number of carbonyl (C=O) groups is 1. The number of anilines is 1. The van der Waals surface area contributed by atoms with Crippen LogP contribution in [0.4, 0.5) is 5.69 Å². The Kier molecular flexibility index (Phi) is 4.66. The number of benzene rings is 2. The molecule has 1 heterocycles. The Bertz CT molecular complexity index is 666. The van der Waals surface area contributed by atoms with E-state index < -0.39 is 11.7 Å².